The van der Waals surface area contributed by atoms with Crippen molar-refractivity contribution in [2.45, 2.75) is 36.1 Å². The van der Waals surface area contributed by atoms with Crippen molar-refractivity contribution < 1.29 is 34.1 Å². The molecule has 2 aromatic rings. The van der Waals surface area contributed by atoms with Crippen LogP contribution in [0.15, 0.2) is 24.3 Å². The smallest absolute Gasteiger partial charge is 0.316 e. The summed E-state index contributed by atoms with van der Waals surface area (Å²) in [4.78, 5) is 38.7. The minimum atomic E-state index is -1.50. The summed E-state index contributed by atoms with van der Waals surface area (Å²) in [6.07, 6.45) is 0.388. The molecule has 0 spiro atoms. The van der Waals surface area contributed by atoms with Gasteiger partial charge in [0.1, 0.15) is 17.4 Å². The Hall–Kier alpha value is -2.71. The average molecular weight is 489 g/mol. The standard InChI is InChI=1S/C23H21BrO7/c1-4-23(29)15(24)9-12-11(18(23)22(28)31-3)8-13-17(20(12)26)21(27)16-10(19(13)25)6-5-7-14(16)30-2/h5-8,15,18,26,29H,4,9H2,1-3H3/t15-,18-,23+/m0/s1. The lowest BCUT2D eigenvalue weighted by Gasteiger charge is -2.43. The van der Waals surface area contributed by atoms with Crippen molar-refractivity contribution >= 4 is 33.5 Å². The van der Waals surface area contributed by atoms with E-state index in [2.05, 4.69) is 15.9 Å². The maximum Gasteiger partial charge on any atom is 0.316 e. The number of fused-ring (bicyclic) bond motifs is 3. The van der Waals surface area contributed by atoms with Crippen LogP contribution in [0, 0.1) is 0 Å². The van der Waals surface area contributed by atoms with Crippen molar-refractivity contribution in [2.75, 3.05) is 14.2 Å². The topological polar surface area (TPSA) is 110 Å². The molecule has 0 fully saturated rings. The van der Waals surface area contributed by atoms with Gasteiger partial charge in [0.25, 0.3) is 0 Å². The number of methoxy groups -OCH3 is 2. The first-order valence-corrected chi connectivity index (χ1v) is 10.7. The molecule has 2 aliphatic carbocycles. The Bertz CT molecular complexity index is 1140. The lowest BCUT2D eigenvalue weighted by Crippen LogP contribution is -2.51. The molecule has 0 radical (unpaired) electrons. The fourth-order valence-corrected chi connectivity index (χ4v) is 5.60. The number of halogens is 1. The normalized spacial score (nSPS) is 24.2. The second-order valence-corrected chi connectivity index (χ2v) is 8.83. The van der Waals surface area contributed by atoms with E-state index in [1.807, 2.05) is 0 Å². The minimum Gasteiger partial charge on any atom is -0.507 e. The number of carbonyl (C=O) groups is 3. The lowest BCUT2D eigenvalue weighted by molar-refractivity contribution is -0.150. The van der Waals surface area contributed by atoms with Crippen molar-refractivity contribution in [1.82, 2.24) is 0 Å². The second kappa shape index (κ2) is 7.46. The number of hydrogen-bond acceptors (Lipinski definition) is 7. The van der Waals surface area contributed by atoms with Gasteiger partial charge < -0.3 is 19.7 Å². The van der Waals surface area contributed by atoms with E-state index >= 15 is 0 Å². The Morgan fingerprint density at radius 1 is 1.19 bits per heavy atom. The Kier molecular flexibility index (Phi) is 5.18. The third kappa shape index (κ3) is 2.85. The monoisotopic (exact) mass is 488 g/mol. The molecule has 3 atom stereocenters. The van der Waals surface area contributed by atoms with Gasteiger partial charge in [-0.05, 0) is 30.5 Å². The van der Waals surface area contributed by atoms with Gasteiger partial charge in [0.2, 0.25) is 5.78 Å². The Morgan fingerprint density at radius 3 is 2.52 bits per heavy atom. The van der Waals surface area contributed by atoms with E-state index in [0.29, 0.717) is 5.56 Å². The van der Waals surface area contributed by atoms with Crippen LogP contribution in [-0.4, -0.2) is 52.4 Å². The van der Waals surface area contributed by atoms with E-state index in [9.17, 15) is 24.6 Å². The molecule has 2 N–H and O–H groups in total. The third-order valence-corrected chi connectivity index (χ3v) is 7.49. The fraction of sp³-hybridized carbons (Fsp3) is 0.348. The highest BCUT2D eigenvalue weighted by molar-refractivity contribution is 9.09. The van der Waals surface area contributed by atoms with Gasteiger partial charge >= 0.3 is 5.97 Å². The van der Waals surface area contributed by atoms with Crippen LogP contribution in [0.3, 0.4) is 0 Å². The summed E-state index contributed by atoms with van der Waals surface area (Å²) in [5, 5.41) is 22.4. The van der Waals surface area contributed by atoms with Gasteiger partial charge in [-0.1, -0.05) is 35.0 Å². The van der Waals surface area contributed by atoms with E-state index in [1.54, 1.807) is 19.1 Å². The molecule has 2 aliphatic rings. The molecular formula is C23H21BrO7. The number of ketones is 2. The van der Waals surface area contributed by atoms with Crippen molar-refractivity contribution in [3.05, 3.63) is 57.6 Å². The maximum absolute atomic E-state index is 13.3. The number of phenolic OH excluding ortho intramolecular Hbond substituents is 1. The molecule has 162 valence electrons. The highest BCUT2D eigenvalue weighted by Crippen LogP contribution is 2.50. The molecular weight excluding hydrogens is 468 g/mol. The van der Waals surface area contributed by atoms with Crippen molar-refractivity contribution in [3.63, 3.8) is 0 Å². The van der Waals surface area contributed by atoms with Crippen LogP contribution in [0.25, 0.3) is 0 Å². The first kappa shape index (κ1) is 21.5. The lowest BCUT2D eigenvalue weighted by atomic mass is 9.68. The fourth-order valence-electron chi connectivity index (χ4n) is 4.69. The SMILES string of the molecule is CC[C@]1(O)[C@H](C(=O)OC)c2cc3c(c(O)c2C[C@@H]1Br)C(=O)c1c(OC)cccc1C3=O. The molecule has 0 saturated carbocycles. The molecule has 7 nitrogen and oxygen atoms in total. The highest BCUT2D eigenvalue weighted by Gasteiger charge is 2.52. The van der Waals surface area contributed by atoms with Crippen molar-refractivity contribution in [1.29, 1.82) is 0 Å². The molecule has 0 heterocycles. The summed E-state index contributed by atoms with van der Waals surface area (Å²) in [6, 6.07) is 6.14. The Morgan fingerprint density at radius 2 is 1.90 bits per heavy atom. The van der Waals surface area contributed by atoms with E-state index in [-0.39, 0.29) is 52.2 Å². The maximum atomic E-state index is 13.3. The van der Waals surface area contributed by atoms with Gasteiger partial charge in [-0.15, -0.1) is 0 Å². The minimum absolute atomic E-state index is 0.0117. The van der Waals surface area contributed by atoms with E-state index in [0.717, 1.165) is 0 Å². The van der Waals surface area contributed by atoms with Crippen LogP contribution in [0.2, 0.25) is 0 Å². The summed E-state index contributed by atoms with van der Waals surface area (Å²) in [6.45, 7) is 1.74. The Balaban J connectivity index is 2.02. The molecule has 2 aromatic carbocycles. The van der Waals surface area contributed by atoms with Crippen LogP contribution < -0.4 is 4.74 Å². The first-order valence-electron chi connectivity index (χ1n) is 9.80. The second-order valence-electron chi connectivity index (χ2n) is 7.73. The number of esters is 1. The zero-order chi connectivity index (χ0) is 22.7. The van der Waals surface area contributed by atoms with Crippen LogP contribution in [0.5, 0.6) is 11.5 Å². The van der Waals surface area contributed by atoms with E-state index < -0.39 is 33.9 Å². The molecule has 8 heteroatoms. The summed E-state index contributed by atoms with van der Waals surface area (Å²) >= 11 is 3.44. The van der Waals surface area contributed by atoms with Gasteiger partial charge in [-0.3, -0.25) is 14.4 Å². The zero-order valence-electron chi connectivity index (χ0n) is 17.2. The molecule has 0 unspecified atom stereocenters. The zero-order valence-corrected chi connectivity index (χ0v) is 18.8. The summed E-state index contributed by atoms with van der Waals surface area (Å²) < 4.78 is 10.2. The van der Waals surface area contributed by atoms with E-state index in [1.165, 1.54) is 26.4 Å². The Labute approximate surface area is 187 Å². The molecule has 0 aliphatic heterocycles. The average Bonchev–Trinajstić information content (AvgIpc) is 2.77. The molecule has 0 amide bonds. The van der Waals surface area contributed by atoms with E-state index in [4.69, 9.17) is 9.47 Å². The highest BCUT2D eigenvalue weighted by atomic mass is 79.9. The molecule has 0 bridgehead atoms. The summed E-state index contributed by atoms with van der Waals surface area (Å²) in [7, 11) is 2.61. The van der Waals surface area contributed by atoms with Gasteiger partial charge in [-0.2, -0.15) is 0 Å². The number of hydrogen-bond donors (Lipinski definition) is 2. The molecule has 0 aromatic heterocycles. The van der Waals surface area contributed by atoms with Crippen molar-refractivity contribution in [3.8, 4) is 11.5 Å². The van der Waals surface area contributed by atoms with Gasteiger partial charge in [0.15, 0.2) is 5.78 Å². The summed E-state index contributed by atoms with van der Waals surface area (Å²) in [5.74, 6) is -2.94. The van der Waals surface area contributed by atoms with Crippen LogP contribution in [-0.2, 0) is 16.0 Å². The number of ether oxygens (including phenoxy) is 2. The number of alkyl halides is 1. The van der Waals surface area contributed by atoms with Gasteiger partial charge in [0, 0.05) is 21.5 Å². The van der Waals surface area contributed by atoms with Gasteiger partial charge in [-0.25, -0.2) is 0 Å². The molecule has 31 heavy (non-hydrogen) atoms. The van der Waals surface area contributed by atoms with Crippen molar-refractivity contribution in [2.24, 2.45) is 0 Å². The largest absolute Gasteiger partial charge is 0.507 e. The van der Waals surface area contributed by atoms with Crippen LogP contribution in [0.1, 0.15) is 62.2 Å². The third-order valence-electron chi connectivity index (χ3n) is 6.37. The molecule has 0 saturated heterocycles. The quantitative estimate of drug-likeness (QED) is 0.430. The number of rotatable bonds is 3. The van der Waals surface area contributed by atoms with Gasteiger partial charge in [0.05, 0.1) is 30.9 Å². The number of aliphatic hydroxyl groups is 1. The van der Waals surface area contributed by atoms with Crippen LogP contribution in [0.4, 0.5) is 0 Å². The predicted molar refractivity (Wildman–Crippen MR) is 114 cm³/mol. The first-order chi connectivity index (χ1) is 14.7. The predicted octanol–water partition coefficient (Wildman–Crippen LogP) is 2.89. The molecule has 4 rings (SSSR count). The number of aromatic hydroxyl groups is 1. The number of benzene rings is 2. The number of carbonyl (C=O) groups excluding carboxylic acids is 3. The number of phenols is 1. The summed E-state index contributed by atoms with van der Waals surface area (Å²) in [5.41, 5.74) is -0.758. The van der Waals surface area contributed by atoms with Crippen LogP contribution >= 0.6 is 15.9 Å².